The molecule has 37 heavy (non-hydrogen) atoms. The number of benzene rings is 2. The first-order valence-electron chi connectivity index (χ1n) is 12.8. The zero-order chi connectivity index (χ0) is 26.6. The predicted octanol–water partition coefficient (Wildman–Crippen LogP) is 4.21. The lowest BCUT2D eigenvalue weighted by Crippen LogP contribution is -2.48. The van der Waals surface area contributed by atoms with Gasteiger partial charge in [0, 0.05) is 36.6 Å². The van der Waals surface area contributed by atoms with Gasteiger partial charge in [-0.1, -0.05) is 54.9 Å². The number of alkyl carbamates (subject to hydrolysis) is 1. The minimum Gasteiger partial charge on any atom is -0.453 e. The molecular weight excluding hydrogens is 494 g/mol. The second kappa shape index (κ2) is 14.9. The van der Waals surface area contributed by atoms with Gasteiger partial charge in [-0.25, -0.2) is 4.79 Å². The number of carbonyl (C=O) groups excluding carboxylic acids is 2. The average Bonchev–Trinajstić information content (AvgIpc) is 2.93. The van der Waals surface area contributed by atoms with E-state index in [1.165, 1.54) is 12.7 Å². The maximum Gasteiger partial charge on any atom is 0.406 e. The SMILES string of the molecule is CCc1cccc(-c2c(Cl)cccc2[C@H](OCCNC(=O)OC)[C@H]2CN(C(=O)CCCNC)CCO2)c1. The van der Waals surface area contributed by atoms with Gasteiger partial charge in [-0.2, -0.15) is 0 Å². The smallest absolute Gasteiger partial charge is 0.406 e. The quantitative estimate of drug-likeness (QED) is 0.399. The Kier molecular flexibility index (Phi) is 11.7. The van der Waals surface area contributed by atoms with Gasteiger partial charge in [0.15, 0.2) is 0 Å². The highest BCUT2D eigenvalue weighted by atomic mass is 35.5. The maximum absolute atomic E-state index is 12.9. The highest BCUT2D eigenvalue weighted by molar-refractivity contribution is 6.33. The molecule has 202 valence electrons. The van der Waals surface area contributed by atoms with Crippen molar-refractivity contribution in [3.63, 3.8) is 0 Å². The topological polar surface area (TPSA) is 89.1 Å². The molecule has 1 saturated heterocycles. The van der Waals surface area contributed by atoms with Crippen LogP contribution in [-0.2, 0) is 25.4 Å². The Balaban J connectivity index is 1.90. The van der Waals surface area contributed by atoms with Gasteiger partial charge >= 0.3 is 6.09 Å². The third-order valence-corrected chi connectivity index (χ3v) is 6.75. The summed E-state index contributed by atoms with van der Waals surface area (Å²) >= 11 is 6.77. The maximum atomic E-state index is 12.9. The number of nitrogens with zero attached hydrogens (tertiary/aromatic N) is 1. The van der Waals surface area contributed by atoms with Gasteiger partial charge in [0.1, 0.15) is 12.2 Å². The first kappa shape index (κ1) is 28.9. The van der Waals surface area contributed by atoms with Gasteiger partial charge < -0.3 is 29.7 Å². The molecule has 2 amide bonds. The minimum atomic E-state index is -0.521. The summed E-state index contributed by atoms with van der Waals surface area (Å²) in [5, 5.41) is 6.34. The number of carbonyl (C=O) groups is 2. The van der Waals surface area contributed by atoms with Crippen molar-refractivity contribution in [3.8, 4) is 11.1 Å². The van der Waals surface area contributed by atoms with Gasteiger partial charge in [-0.05, 0) is 49.2 Å². The molecule has 0 spiro atoms. The fourth-order valence-corrected chi connectivity index (χ4v) is 4.79. The zero-order valence-electron chi connectivity index (χ0n) is 21.9. The number of aryl methyl sites for hydroxylation is 1. The molecule has 1 aliphatic heterocycles. The molecule has 0 saturated carbocycles. The van der Waals surface area contributed by atoms with Crippen molar-refractivity contribution >= 4 is 23.6 Å². The number of nitrogens with one attached hydrogen (secondary N) is 2. The molecule has 2 N–H and O–H groups in total. The molecule has 2 aromatic rings. The Hall–Kier alpha value is -2.65. The van der Waals surface area contributed by atoms with E-state index in [4.69, 9.17) is 21.1 Å². The number of ether oxygens (including phenoxy) is 3. The summed E-state index contributed by atoms with van der Waals surface area (Å²) in [6.07, 6.45) is 0.741. The van der Waals surface area contributed by atoms with E-state index in [1.807, 2.05) is 42.3 Å². The number of amides is 2. The Morgan fingerprint density at radius 1 is 1.22 bits per heavy atom. The summed E-state index contributed by atoms with van der Waals surface area (Å²) in [4.78, 5) is 26.3. The number of hydrogen-bond acceptors (Lipinski definition) is 6. The van der Waals surface area contributed by atoms with Crippen molar-refractivity contribution in [2.75, 3.05) is 53.6 Å². The molecule has 1 aliphatic rings. The highest BCUT2D eigenvalue weighted by Crippen LogP contribution is 2.39. The molecule has 0 aromatic heterocycles. The molecular formula is C28H38ClN3O5. The van der Waals surface area contributed by atoms with Crippen LogP contribution < -0.4 is 10.6 Å². The van der Waals surface area contributed by atoms with E-state index in [0.29, 0.717) is 31.1 Å². The van der Waals surface area contributed by atoms with Crippen LogP contribution in [0.3, 0.4) is 0 Å². The molecule has 0 unspecified atom stereocenters. The van der Waals surface area contributed by atoms with Crippen molar-refractivity contribution in [1.29, 1.82) is 0 Å². The zero-order valence-corrected chi connectivity index (χ0v) is 22.7. The normalized spacial score (nSPS) is 16.3. The summed E-state index contributed by atoms with van der Waals surface area (Å²) in [5.74, 6) is 0.108. The van der Waals surface area contributed by atoms with Crippen molar-refractivity contribution in [2.45, 2.75) is 38.4 Å². The van der Waals surface area contributed by atoms with Crippen LogP contribution in [0.25, 0.3) is 11.1 Å². The lowest BCUT2D eigenvalue weighted by molar-refractivity contribution is -0.148. The van der Waals surface area contributed by atoms with Gasteiger partial charge in [0.2, 0.25) is 5.91 Å². The van der Waals surface area contributed by atoms with E-state index in [9.17, 15) is 9.59 Å². The van der Waals surface area contributed by atoms with Gasteiger partial charge in [0.05, 0.1) is 20.3 Å². The van der Waals surface area contributed by atoms with Crippen LogP contribution in [0.15, 0.2) is 42.5 Å². The van der Waals surface area contributed by atoms with Crippen LogP contribution >= 0.6 is 11.6 Å². The van der Waals surface area contributed by atoms with E-state index < -0.39 is 18.3 Å². The second-order valence-electron chi connectivity index (χ2n) is 8.92. The van der Waals surface area contributed by atoms with Crippen molar-refractivity contribution in [2.24, 2.45) is 0 Å². The summed E-state index contributed by atoms with van der Waals surface area (Å²) in [7, 11) is 3.20. The number of rotatable bonds is 12. The van der Waals surface area contributed by atoms with Gasteiger partial charge in [0.25, 0.3) is 0 Å². The first-order chi connectivity index (χ1) is 18.0. The molecule has 1 fully saturated rings. The Morgan fingerprint density at radius 2 is 2.03 bits per heavy atom. The fraction of sp³-hybridized carbons (Fsp3) is 0.500. The molecule has 2 atom stereocenters. The molecule has 8 nitrogen and oxygen atoms in total. The van der Waals surface area contributed by atoms with E-state index in [0.717, 1.165) is 36.1 Å². The molecule has 0 aliphatic carbocycles. The third kappa shape index (κ3) is 8.17. The third-order valence-electron chi connectivity index (χ3n) is 6.43. The van der Waals surface area contributed by atoms with Crippen LogP contribution in [0, 0.1) is 0 Å². The standard InChI is InChI=1S/C28H38ClN3O5/c1-4-20-8-5-9-21(18-20)26-22(10-6-11-23(26)29)27(37-16-14-31-28(34)35-3)24-19-32(15-17-36-24)25(33)12-7-13-30-2/h5-6,8-11,18,24,27,30H,4,7,12-17,19H2,1-3H3,(H,31,34)/t24-,27+/m1/s1. The number of methoxy groups -OCH3 is 1. The molecule has 0 bridgehead atoms. The highest BCUT2D eigenvalue weighted by Gasteiger charge is 2.34. The van der Waals surface area contributed by atoms with Crippen LogP contribution in [0.4, 0.5) is 4.79 Å². The van der Waals surface area contributed by atoms with Crippen molar-refractivity contribution in [3.05, 3.63) is 58.6 Å². The fourth-order valence-electron chi connectivity index (χ4n) is 4.50. The van der Waals surface area contributed by atoms with Crippen LogP contribution in [0.2, 0.25) is 5.02 Å². The summed E-state index contributed by atoms with van der Waals surface area (Å²) in [5.41, 5.74) is 3.96. The van der Waals surface area contributed by atoms with Crippen LogP contribution in [0.5, 0.6) is 0 Å². The van der Waals surface area contributed by atoms with Crippen LogP contribution in [-0.4, -0.2) is 76.6 Å². The molecule has 9 heteroatoms. The lowest BCUT2D eigenvalue weighted by atomic mass is 9.92. The largest absolute Gasteiger partial charge is 0.453 e. The number of morpholine rings is 1. The van der Waals surface area contributed by atoms with E-state index in [2.05, 4.69) is 34.4 Å². The molecule has 1 heterocycles. The van der Waals surface area contributed by atoms with Gasteiger partial charge in [-0.15, -0.1) is 0 Å². The molecule has 0 radical (unpaired) electrons. The van der Waals surface area contributed by atoms with E-state index >= 15 is 0 Å². The monoisotopic (exact) mass is 531 g/mol. The summed E-state index contributed by atoms with van der Waals surface area (Å²) in [6.45, 7) is 4.79. The Morgan fingerprint density at radius 3 is 2.78 bits per heavy atom. The van der Waals surface area contributed by atoms with E-state index in [-0.39, 0.29) is 19.1 Å². The van der Waals surface area contributed by atoms with Crippen LogP contribution in [0.1, 0.15) is 37.0 Å². The van der Waals surface area contributed by atoms with Crippen molar-refractivity contribution < 1.29 is 23.8 Å². The lowest BCUT2D eigenvalue weighted by Gasteiger charge is -2.38. The predicted molar refractivity (Wildman–Crippen MR) is 145 cm³/mol. The molecule has 2 aromatic carbocycles. The van der Waals surface area contributed by atoms with Crippen molar-refractivity contribution in [1.82, 2.24) is 15.5 Å². The van der Waals surface area contributed by atoms with E-state index in [1.54, 1.807) is 0 Å². The summed E-state index contributed by atoms with van der Waals surface area (Å²) in [6, 6.07) is 14.1. The average molecular weight is 532 g/mol. The summed E-state index contributed by atoms with van der Waals surface area (Å²) < 4.78 is 17.2. The Labute approximate surface area is 224 Å². The van der Waals surface area contributed by atoms with Gasteiger partial charge in [-0.3, -0.25) is 4.79 Å². The minimum absolute atomic E-state index is 0.108. The number of hydrogen-bond donors (Lipinski definition) is 2. The second-order valence-corrected chi connectivity index (χ2v) is 9.33. The number of halogens is 1. The molecule has 3 rings (SSSR count). The first-order valence-corrected chi connectivity index (χ1v) is 13.2. The Bertz CT molecular complexity index is 1030.